The standard InChI is InChI=1S/C13H12N2O3S/c1-2-11(16)18-9-5-3-8(4-6-9)7-10-12(17)15-13(14)19-10/h3-7H,2H2,1H3,(H2,14,15,17)/b10-7+. The number of nitrogens with one attached hydrogen (secondary N) is 2. The highest BCUT2D eigenvalue weighted by Gasteiger charge is 2.21. The predicted octanol–water partition coefficient (Wildman–Crippen LogP) is 2.14. The largest absolute Gasteiger partial charge is 0.427 e. The van der Waals surface area contributed by atoms with Gasteiger partial charge in [-0.2, -0.15) is 0 Å². The number of hydrogen-bond acceptors (Lipinski definition) is 5. The lowest BCUT2D eigenvalue weighted by Gasteiger charge is -2.02. The molecule has 1 aliphatic heterocycles. The van der Waals surface area contributed by atoms with Gasteiger partial charge in [0, 0.05) is 6.42 Å². The monoisotopic (exact) mass is 276 g/mol. The first-order valence-corrected chi connectivity index (χ1v) is 6.50. The van der Waals surface area contributed by atoms with Crippen LogP contribution >= 0.6 is 11.8 Å². The van der Waals surface area contributed by atoms with Crippen molar-refractivity contribution >= 4 is 34.9 Å². The van der Waals surface area contributed by atoms with Crippen molar-refractivity contribution in [3.63, 3.8) is 0 Å². The van der Waals surface area contributed by atoms with Crippen LogP contribution in [0.3, 0.4) is 0 Å². The third-order valence-corrected chi connectivity index (χ3v) is 3.19. The number of carbonyl (C=O) groups is 2. The van der Waals surface area contributed by atoms with E-state index < -0.39 is 0 Å². The molecule has 1 aromatic rings. The van der Waals surface area contributed by atoms with Gasteiger partial charge in [-0.05, 0) is 35.5 Å². The molecule has 0 aromatic heterocycles. The van der Waals surface area contributed by atoms with Crippen LogP contribution in [0.1, 0.15) is 18.9 Å². The van der Waals surface area contributed by atoms with E-state index >= 15 is 0 Å². The Morgan fingerprint density at radius 1 is 1.42 bits per heavy atom. The molecule has 0 saturated carbocycles. The molecule has 5 nitrogen and oxygen atoms in total. The predicted molar refractivity (Wildman–Crippen MR) is 73.8 cm³/mol. The van der Waals surface area contributed by atoms with Crippen LogP contribution in [-0.4, -0.2) is 17.0 Å². The molecule has 0 unspecified atom stereocenters. The second kappa shape index (κ2) is 5.71. The quantitative estimate of drug-likeness (QED) is 0.503. The van der Waals surface area contributed by atoms with Gasteiger partial charge in [-0.3, -0.25) is 15.0 Å². The molecule has 1 fully saturated rings. The number of rotatable bonds is 3. The maximum absolute atomic E-state index is 11.4. The normalized spacial score (nSPS) is 16.6. The summed E-state index contributed by atoms with van der Waals surface area (Å²) in [6, 6.07) is 6.84. The van der Waals surface area contributed by atoms with Crippen molar-refractivity contribution in [1.29, 1.82) is 5.41 Å². The van der Waals surface area contributed by atoms with Crippen LogP contribution in [-0.2, 0) is 9.59 Å². The number of carbonyl (C=O) groups excluding carboxylic acids is 2. The lowest BCUT2D eigenvalue weighted by molar-refractivity contribution is -0.134. The van der Waals surface area contributed by atoms with Crippen molar-refractivity contribution in [3.8, 4) is 5.75 Å². The van der Waals surface area contributed by atoms with Gasteiger partial charge in [0.15, 0.2) is 5.17 Å². The minimum absolute atomic E-state index is 0.129. The van der Waals surface area contributed by atoms with Crippen LogP contribution < -0.4 is 10.1 Å². The van der Waals surface area contributed by atoms with Gasteiger partial charge in [0.1, 0.15) is 5.75 Å². The first kappa shape index (κ1) is 13.4. The molecule has 19 heavy (non-hydrogen) atoms. The average Bonchev–Trinajstić information content (AvgIpc) is 2.70. The highest BCUT2D eigenvalue weighted by molar-refractivity contribution is 8.18. The van der Waals surface area contributed by atoms with Crippen LogP contribution in [0, 0.1) is 5.41 Å². The summed E-state index contributed by atoms with van der Waals surface area (Å²) >= 11 is 1.09. The highest BCUT2D eigenvalue weighted by Crippen LogP contribution is 2.25. The highest BCUT2D eigenvalue weighted by atomic mass is 32.2. The molecule has 0 spiro atoms. The molecule has 1 amide bonds. The first-order valence-electron chi connectivity index (χ1n) is 5.68. The minimum Gasteiger partial charge on any atom is -0.427 e. The molecule has 2 N–H and O–H groups in total. The Balaban J connectivity index is 2.11. The second-order valence-electron chi connectivity index (χ2n) is 3.79. The molecule has 2 rings (SSSR count). The summed E-state index contributed by atoms with van der Waals surface area (Å²) < 4.78 is 5.05. The zero-order chi connectivity index (χ0) is 13.8. The molecule has 1 saturated heterocycles. The van der Waals surface area contributed by atoms with E-state index in [-0.39, 0.29) is 17.0 Å². The van der Waals surface area contributed by atoms with E-state index in [2.05, 4.69) is 5.32 Å². The van der Waals surface area contributed by atoms with Crippen molar-refractivity contribution in [3.05, 3.63) is 34.7 Å². The number of thioether (sulfide) groups is 1. The third-order valence-electron chi connectivity index (χ3n) is 2.36. The number of amides is 1. The molecule has 1 heterocycles. The average molecular weight is 276 g/mol. The summed E-state index contributed by atoms with van der Waals surface area (Å²) in [5.74, 6) is -0.0768. The van der Waals surface area contributed by atoms with E-state index in [0.717, 1.165) is 17.3 Å². The van der Waals surface area contributed by atoms with Gasteiger partial charge >= 0.3 is 5.97 Å². The maximum atomic E-state index is 11.4. The molecule has 1 aromatic carbocycles. The number of esters is 1. The lowest BCUT2D eigenvalue weighted by atomic mass is 10.2. The molecule has 0 atom stereocenters. The van der Waals surface area contributed by atoms with Crippen LogP contribution in [0.5, 0.6) is 5.75 Å². The molecule has 0 radical (unpaired) electrons. The van der Waals surface area contributed by atoms with Crippen molar-refractivity contribution < 1.29 is 14.3 Å². The zero-order valence-electron chi connectivity index (χ0n) is 10.2. The van der Waals surface area contributed by atoms with Gasteiger partial charge in [0.25, 0.3) is 5.91 Å². The van der Waals surface area contributed by atoms with Gasteiger partial charge in [0.2, 0.25) is 0 Å². The maximum Gasteiger partial charge on any atom is 0.310 e. The second-order valence-corrected chi connectivity index (χ2v) is 4.84. The Kier molecular flexibility index (Phi) is 4.01. The minimum atomic E-state index is -0.287. The van der Waals surface area contributed by atoms with Crippen LogP contribution in [0.25, 0.3) is 6.08 Å². The summed E-state index contributed by atoms with van der Waals surface area (Å²) in [6.07, 6.45) is 2.01. The van der Waals surface area contributed by atoms with Crippen LogP contribution in [0.4, 0.5) is 0 Å². The Morgan fingerprint density at radius 2 is 2.11 bits per heavy atom. The molecular formula is C13H12N2O3S. The molecular weight excluding hydrogens is 264 g/mol. The van der Waals surface area contributed by atoms with Gasteiger partial charge in [-0.25, -0.2) is 0 Å². The molecule has 6 heteroatoms. The Morgan fingerprint density at radius 3 is 2.63 bits per heavy atom. The summed E-state index contributed by atoms with van der Waals surface area (Å²) in [7, 11) is 0. The van der Waals surface area contributed by atoms with Gasteiger partial charge < -0.3 is 10.1 Å². The number of amidine groups is 1. The summed E-state index contributed by atoms with van der Waals surface area (Å²) in [4.78, 5) is 23.0. The van der Waals surface area contributed by atoms with Crippen LogP contribution in [0.2, 0.25) is 0 Å². The van der Waals surface area contributed by atoms with Crippen molar-refractivity contribution in [1.82, 2.24) is 5.32 Å². The number of benzene rings is 1. The van der Waals surface area contributed by atoms with E-state index in [1.165, 1.54) is 0 Å². The van der Waals surface area contributed by atoms with E-state index in [1.54, 1.807) is 37.3 Å². The van der Waals surface area contributed by atoms with Gasteiger partial charge in [-0.1, -0.05) is 19.1 Å². The summed E-state index contributed by atoms with van der Waals surface area (Å²) in [6.45, 7) is 1.73. The Labute approximate surface area is 114 Å². The van der Waals surface area contributed by atoms with Crippen molar-refractivity contribution in [2.75, 3.05) is 0 Å². The molecule has 0 aliphatic carbocycles. The number of hydrogen-bond donors (Lipinski definition) is 2. The first-order chi connectivity index (χ1) is 9.08. The Bertz CT molecular complexity index is 564. The van der Waals surface area contributed by atoms with Crippen molar-refractivity contribution in [2.24, 2.45) is 0 Å². The fraction of sp³-hybridized carbons (Fsp3) is 0.154. The van der Waals surface area contributed by atoms with Crippen molar-refractivity contribution in [2.45, 2.75) is 13.3 Å². The molecule has 98 valence electrons. The van der Waals surface area contributed by atoms with E-state index in [9.17, 15) is 9.59 Å². The smallest absolute Gasteiger partial charge is 0.310 e. The number of ether oxygens (including phenoxy) is 1. The summed E-state index contributed by atoms with van der Waals surface area (Å²) in [5.41, 5.74) is 0.809. The fourth-order valence-corrected chi connectivity index (χ4v) is 2.13. The van der Waals surface area contributed by atoms with Gasteiger partial charge in [0.05, 0.1) is 4.91 Å². The van der Waals surface area contributed by atoms with Crippen LogP contribution in [0.15, 0.2) is 29.2 Å². The SMILES string of the molecule is CCC(=O)Oc1ccc(/C=C2/SC(=N)NC2=O)cc1. The van der Waals surface area contributed by atoms with E-state index in [4.69, 9.17) is 10.1 Å². The third kappa shape index (κ3) is 3.45. The van der Waals surface area contributed by atoms with E-state index in [0.29, 0.717) is 17.1 Å². The molecule has 0 bridgehead atoms. The fourth-order valence-electron chi connectivity index (χ4n) is 1.43. The summed E-state index contributed by atoms with van der Waals surface area (Å²) in [5, 5.41) is 9.87. The Hall–Kier alpha value is -2.08. The molecule has 1 aliphatic rings. The van der Waals surface area contributed by atoms with Gasteiger partial charge in [-0.15, -0.1) is 0 Å². The van der Waals surface area contributed by atoms with E-state index in [1.807, 2.05) is 0 Å². The topological polar surface area (TPSA) is 79.2 Å². The zero-order valence-corrected chi connectivity index (χ0v) is 11.0. The lowest BCUT2D eigenvalue weighted by Crippen LogP contribution is -2.18.